The number of ether oxygens (including phenoxy) is 2. The van der Waals surface area contributed by atoms with Gasteiger partial charge in [-0.3, -0.25) is 0 Å². The Labute approximate surface area is 129 Å². The molecule has 0 unspecified atom stereocenters. The summed E-state index contributed by atoms with van der Waals surface area (Å²) in [6.07, 6.45) is 5.31. The Kier molecular flexibility index (Phi) is 15.3. The van der Waals surface area contributed by atoms with Gasteiger partial charge in [0.05, 0.1) is 13.2 Å². The van der Waals surface area contributed by atoms with Crippen LogP contribution < -0.4 is 0 Å². The summed E-state index contributed by atoms with van der Waals surface area (Å²) in [5.41, 5.74) is 0.474. The molecule has 0 radical (unpaired) electrons. The maximum Gasteiger partial charge on any atom is 0.333 e. The summed E-state index contributed by atoms with van der Waals surface area (Å²) in [6, 6.07) is 0. The van der Waals surface area contributed by atoms with E-state index in [4.69, 9.17) is 9.47 Å². The molecule has 0 rings (SSSR count). The van der Waals surface area contributed by atoms with E-state index < -0.39 is 0 Å². The third-order valence-electron chi connectivity index (χ3n) is 2.44. The highest BCUT2D eigenvalue weighted by Gasteiger charge is 2.00. The number of rotatable bonds is 9. The fraction of sp³-hybridized carbons (Fsp3) is 0.647. The molecule has 0 amide bonds. The van der Waals surface area contributed by atoms with Gasteiger partial charge in [-0.1, -0.05) is 46.8 Å². The molecule has 0 aromatic rings. The van der Waals surface area contributed by atoms with Crippen molar-refractivity contribution in [1.82, 2.24) is 0 Å². The zero-order chi connectivity index (χ0) is 16.7. The van der Waals surface area contributed by atoms with Gasteiger partial charge in [-0.05, 0) is 25.7 Å². The summed E-state index contributed by atoms with van der Waals surface area (Å²) < 4.78 is 9.61. The number of carbonyl (C=O) groups excluding carboxylic acids is 2. The van der Waals surface area contributed by atoms with Gasteiger partial charge < -0.3 is 9.47 Å². The molecule has 0 aromatic carbocycles. The molecule has 21 heavy (non-hydrogen) atoms. The van der Waals surface area contributed by atoms with Crippen molar-refractivity contribution in [3.05, 3.63) is 24.8 Å². The summed E-state index contributed by atoms with van der Waals surface area (Å²) >= 11 is 0. The van der Waals surface area contributed by atoms with E-state index >= 15 is 0 Å². The van der Waals surface area contributed by atoms with Crippen molar-refractivity contribution in [1.29, 1.82) is 0 Å². The second-order valence-electron chi connectivity index (χ2n) is 5.18. The van der Waals surface area contributed by atoms with E-state index in [2.05, 4.69) is 33.9 Å². The standard InChI is InChI=1S/C9H16O2.C8H14O2/c1-4-5-6-7-11-9(10)8(2)3;1-4-8(9)10-6-5-7(2)3/h2,4-7H2,1,3H3;4,7H,1,5-6H2,2-3H3. The number of hydrogen-bond acceptors (Lipinski definition) is 4. The first kappa shape index (κ1) is 21.7. The lowest BCUT2D eigenvalue weighted by molar-refractivity contribution is -0.139. The molecule has 0 spiro atoms. The molecule has 0 aliphatic heterocycles. The topological polar surface area (TPSA) is 52.6 Å². The van der Waals surface area contributed by atoms with Gasteiger partial charge in [-0.25, -0.2) is 9.59 Å². The van der Waals surface area contributed by atoms with Gasteiger partial charge >= 0.3 is 11.9 Å². The van der Waals surface area contributed by atoms with Crippen LogP contribution >= 0.6 is 0 Å². The molecule has 0 saturated carbocycles. The zero-order valence-electron chi connectivity index (χ0n) is 13.9. The Morgan fingerprint density at radius 3 is 2.19 bits per heavy atom. The molecule has 0 aliphatic carbocycles. The first-order chi connectivity index (χ1) is 9.84. The largest absolute Gasteiger partial charge is 0.463 e. The third-order valence-corrected chi connectivity index (χ3v) is 2.44. The highest BCUT2D eigenvalue weighted by Crippen LogP contribution is 1.99. The molecule has 0 aliphatic rings. The van der Waals surface area contributed by atoms with E-state index in [1.165, 1.54) is 6.08 Å². The SMILES string of the molecule is C=C(C)C(=O)OCCCCC.C=CC(=O)OCCC(C)C. The minimum Gasteiger partial charge on any atom is -0.463 e. The summed E-state index contributed by atoms with van der Waals surface area (Å²) in [5, 5.41) is 0. The average Bonchev–Trinajstić information content (AvgIpc) is 2.43. The van der Waals surface area contributed by atoms with E-state index in [-0.39, 0.29) is 11.9 Å². The predicted molar refractivity (Wildman–Crippen MR) is 85.9 cm³/mol. The van der Waals surface area contributed by atoms with Crippen molar-refractivity contribution in [3.63, 3.8) is 0 Å². The second kappa shape index (κ2) is 14.8. The van der Waals surface area contributed by atoms with Crippen molar-refractivity contribution in [2.45, 2.75) is 53.4 Å². The number of carbonyl (C=O) groups is 2. The Bertz CT molecular complexity index is 319. The van der Waals surface area contributed by atoms with Crippen molar-refractivity contribution in [3.8, 4) is 0 Å². The van der Waals surface area contributed by atoms with Gasteiger partial charge in [0.1, 0.15) is 0 Å². The van der Waals surface area contributed by atoms with Crippen LogP contribution in [-0.4, -0.2) is 25.2 Å². The molecular formula is C17H30O4. The summed E-state index contributed by atoms with van der Waals surface area (Å²) in [7, 11) is 0. The fourth-order valence-corrected chi connectivity index (χ4v) is 1.09. The number of hydrogen-bond donors (Lipinski definition) is 0. The van der Waals surface area contributed by atoms with Gasteiger partial charge in [0.2, 0.25) is 0 Å². The van der Waals surface area contributed by atoms with E-state index in [1.54, 1.807) is 6.92 Å². The normalized spacial score (nSPS) is 9.38. The minimum absolute atomic E-state index is 0.277. The molecule has 0 atom stereocenters. The van der Waals surface area contributed by atoms with E-state index in [0.717, 1.165) is 25.7 Å². The van der Waals surface area contributed by atoms with E-state index in [9.17, 15) is 9.59 Å². The van der Waals surface area contributed by atoms with Crippen LogP contribution in [0.15, 0.2) is 24.8 Å². The Hall–Kier alpha value is -1.58. The molecule has 0 saturated heterocycles. The van der Waals surface area contributed by atoms with Gasteiger partial charge in [0.25, 0.3) is 0 Å². The lowest BCUT2D eigenvalue weighted by atomic mass is 10.1. The van der Waals surface area contributed by atoms with Gasteiger partial charge in [-0.2, -0.15) is 0 Å². The third kappa shape index (κ3) is 18.4. The minimum atomic E-state index is -0.333. The number of unbranched alkanes of at least 4 members (excludes halogenated alkanes) is 2. The quantitative estimate of drug-likeness (QED) is 0.366. The molecular weight excluding hydrogens is 268 g/mol. The van der Waals surface area contributed by atoms with Crippen LogP contribution in [0.5, 0.6) is 0 Å². The van der Waals surface area contributed by atoms with Crippen molar-refractivity contribution < 1.29 is 19.1 Å². The zero-order valence-corrected chi connectivity index (χ0v) is 13.9. The first-order valence-corrected chi connectivity index (χ1v) is 7.46. The Morgan fingerprint density at radius 1 is 1.14 bits per heavy atom. The molecule has 0 bridgehead atoms. The van der Waals surface area contributed by atoms with Crippen LogP contribution in [-0.2, 0) is 19.1 Å². The predicted octanol–water partition coefficient (Wildman–Crippen LogP) is 4.06. The molecule has 0 aromatic heterocycles. The highest BCUT2D eigenvalue weighted by molar-refractivity contribution is 5.86. The van der Waals surface area contributed by atoms with Crippen LogP contribution in [0.25, 0.3) is 0 Å². The summed E-state index contributed by atoms with van der Waals surface area (Å²) in [5.74, 6) is -0.0284. The van der Waals surface area contributed by atoms with Crippen molar-refractivity contribution in [2.24, 2.45) is 5.92 Å². The smallest absolute Gasteiger partial charge is 0.333 e. The fourth-order valence-electron chi connectivity index (χ4n) is 1.09. The summed E-state index contributed by atoms with van der Waals surface area (Å²) in [4.78, 5) is 21.2. The lowest BCUT2D eigenvalue weighted by Crippen LogP contribution is -2.05. The summed E-state index contributed by atoms with van der Waals surface area (Å²) in [6.45, 7) is 15.7. The molecule has 4 nitrogen and oxygen atoms in total. The second-order valence-corrected chi connectivity index (χ2v) is 5.18. The van der Waals surface area contributed by atoms with Crippen LogP contribution in [0.4, 0.5) is 0 Å². The molecule has 0 N–H and O–H groups in total. The van der Waals surface area contributed by atoms with Gasteiger partial charge in [0, 0.05) is 11.6 Å². The molecule has 4 heteroatoms. The maximum atomic E-state index is 10.8. The van der Waals surface area contributed by atoms with Crippen LogP contribution in [0.1, 0.15) is 53.4 Å². The molecule has 0 fully saturated rings. The maximum absolute atomic E-state index is 10.8. The Balaban J connectivity index is 0. The van der Waals surface area contributed by atoms with Gasteiger partial charge in [-0.15, -0.1) is 0 Å². The average molecular weight is 298 g/mol. The van der Waals surface area contributed by atoms with E-state index in [1.807, 2.05) is 0 Å². The van der Waals surface area contributed by atoms with Crippen LogP contribution in [0, 0.1) is 5.92 Å². The van der Waals surface area contributed by atoms with Crippen LogP contribution in [0.3, 0.4) is 0 Å². The first-order valence-electron chi connectivity index (χ1n) is 7.46. The monoisotopic (exact) mass is 298 g/mol. The number of esters is 2. The Morgan fingerprint density at radius 2 is 1.76 bits per heavy atom. The van der Waals surface area contributed by atoms with Crippen molar-refractivity contribution >= 4 is 11.9 Å². The van der Waals surface area contributed by atoms with Crippen LogP contribution in [0.2, 0.25) is 0 Å². The van der Waals surface area contributed by atoms with E-state index in [0.29, 0.717) is 24.7 Å². The van der Waals surface area contributed by atoms with Crippen molar-refractivity contribution in [2.75, 3.05) is 13.2 Å². The lowest BCUT2D eigenvalue weighted by Gasteiger charge is -2.03. The highest BCUT2D eigenvalue weighted by atomic mass is 16.5. The van der Waals surface area contributed by atoms with Gasteiger partial charge in [0.15, 0.2) is 0 Å². The molecule has 0 heterocycles. The molecule has 122 valence electrons.